The first-order chi connectivity index (χ1) is 15.8. The summed E-state index contributed by atoms with van der Waals surface area (Å²) in [6.45, 7) is 0. The van der Waals surface area contributed by atoms with Crippen LogP contribution in [0.5, 0.6) is 11.6 Å². The highest BCUT2D eigenvalue weighted by Gasteiger charge is 2.20. The van der Waals surface area contributed by atoms with Crippen LogP contribution in [0.2, 0.25) is 10.0 Å². The van der Waals surface area contributed by atoms with Crippen LogP contribution in [0, 0.1) is 0 Å². The van der Waals surface area contributed by atoms with Crippen LogP contribution >= 0.6 is 23.2 Å². The van der Waals surface area contributed by atoms with Gasteiger partial charge in [-0.1, -0.05) is 55.3 Å². The van der Waals surface area contributed by atoms with Crippen LogP contribution in [0.15, 0.2) is 32.6 Å². The van der Waals surface area contributed by atoms with Gasteiger partial charge in [0.2, 0.25) is 11.7 Å². The molecule has 1 aromatic carbocycles. The molecule has 0 unspecified atom stereocenters. The first kappa shape index (κ1) is 23.1. The molecule has 1 aliphatic rings. The minimum absolute atomic E-state index is 0.0662. The van der Waals surface area contributed by atoms with E-state index in [0.29, 0.717) is 5.56 Å². The molecule has 12 heteroatoms. The summed E-state index contributed by atoms with van der Waals surface area (Å²) in [5.74, 6) is -0.0137. The molecule has 1 fully saturated rings. The van der Waals surface area contributed by atoms with E-state index in [2.05, 4.69) is 20.3 Å². The topological polar surface area (TPSA) is 149 Å². The van der Waals surface area contributed by atoms with Gasteiger partial charge in [0.1, 0.15) is 0 Å². The van der Waals surface area contributed by atoms with Crippen molar-refractivity contribution in [2.45, 2.75) is 50.9 Å². The van der Waals surface area contributed by atoms with Crippen LogP contribution in [0.4, 0.5) is 5.82 Å². The Morgan fingerprint density at radius 2 is 1.61 bits per heavy atom. The SMILES string of the molecule is Nc1nn(-c2cc(Cl)c(Oc3cc(C4CCCCCCC4)c(=O)[nH]n3)c(Cl)c2)c(=O)[nH]c1=O. The number of anilines is 1. The minimum atomic E-state index is -0.804. The Morgan fingerprint density at radius 3 is 2.27 bits per heavy atom. The van der Waals surface area contributed by atoms with Gasteiger partial charge in [-0.15, -0.1) is 10.2 Å². The largest absolute Gasteiger partial charge is 0.434 e. The summed E-state index contributed by atoms with van der Waals surface area (Å²) < 4.78 is 6.68. The van der Waals surface area contributed by atoms with Gasteiger partial charge < -0.3 is 10.5 Å². The van der Waals surface area contributed by atoms with Crippen molar-refractivity contribution in [3.05, 3.63) is 65.0 Å². The standard InChI is InChI=1S/C21H22Cl2N6O4/c22-14-8-12(29-21(32)25-20(31)18(24)28-29)9-15(23)17(14)33-16-10-13(19(30)27-26-16)11-6-4-2-1-3-5-7-11/h8-11H,1-7H2,(H2,24,28)(H,27,30)(H,25,31,32). The summed E-state index contributed by atoms with van der Waals surface area (Å²) in [5.41, 5.74) is 4.47. The third-order valence-corrected chi connectivity index (χ3v) is 6.20. The van der Waals surface area contributed by atoms with Crippen LogP contribution in [0.25, 0.3) is 5.69 Å². The number of H-pyrrole nitrogens is 2. The number of benzene rings is 1. The monoisotopic (exact) mass is 492 g/mol. The molecule has 0 saturated heterocycles. The lowest BCUT2D eigenvalue weighted by atomic mass is 9.87. The molecule has 174 valence electrons. The van der Waals surface area contributed by atoms with Gasteiger partial charge in [-0.25, -0.2) is 9.89 Å². The van der Waals surface area contributed by atoms with Crippen molar-refractivity contribution in [1.82, 2.24) is 25.0 Å². The molecule has 10 nitrogen and oxygen atoms in total. The fourth-order valence-electron chi connectivity index (χ4n) is 3.98. The van der Waals surface area contributed by atoms with Crippen molar-refractivity contribution in [3.8, 4) is 17.3 Å². The number of halogens is 2. The third-order valence-electron chi connectivity index (χ3n) is 5.64. The van der Waals surface area contributed by atoms with Crippen LogP contribution < -0.4 is 27.3 Å². The molecule has 2 heterocycles. The molecule has 4 N–H and O–H groups in total. The lowest BCUT2D eigenvalue weighted by molar-refractivity contribution is 0.436. The van der Waals surface area contributed by atoms with E-state index >= 15 is 0 Å². The van der Waals surface area contributed by atoms with Gasteiger partial charge in [-0.3, -0.25) is 14.6 Å². The number of ether oxygens (including phenoxy) is 1. The number of aromatic amines is 2. The van der Waals surface area contributed by atoms with Gasteiger partial charge in [0.05, 0.1) is 15.7 Å². The quantitative estimate of drug-likeness (QED) is 0.504. The van der Waals surface area contributed by atoms with Gasteiger partial charge >= 0.3 is 5.69 Å². The van der Waals surface area contributed by atoms with Gasteiger partial charge in [-0.2, -0.15) is 4.68 Å². The molecule has 1 aliphatic carbocycles. The Bertz CT molecular complexity index is 1320. The third kappa shape index (κ3) is 5.12. The number of nitrogens with zero attached hydrogens (tertiary/aromatic N) is 3. The zero-order chi connectivity index (χ0) is 23.5. The highest BCUT2D eigenvalue weighted by atomic mass is 35.5. The van der Waals surface area contributed by atoms with Crippen molar-refractivity contribution in [2.75, 3.05) is 5.73 Å². The summed E-state index contributed by atoms with van der Waals surface area (Å²) in [6.07, 6.45) is 7.58. The van der Waals surface area contributed by atoms with E-state index in [4.69, 9.17) is 33.7 Å². The normalized spacial score (nSPS) is 15.1. The number of aromatic nitrogens is 5. The van der Waals surface area contributed by atoms with E-state index in [1.807, 2.05) is 0 Å². The maximum absolute atomic E-state index is 12.4. The Morgan fingerprint density at radius 1 is 0.970 bits per heavy atom. The van der Waals surface area contributed by atoms with Crippen molar-refractivity contribution < 1.29 is 4.74 Å². The maximum atomic E-state index is 12.4. The maximum Gasteiger partial charge on any atom is 0.349 e. The van der Waals surface area contributed by atoms with E-state index in [9.17, 15) is 14.4 Å². The summed E-state index contributed by atoms with van der Waals surface area (Å²) in [6, 6.07) is 4.40. The molecule has 0 atom stereocenters. The molecule has 0 bridgehead atoms. The first-order valence-electron chi connectivity index (χ1n) is 10.6. The molecule has 3 aromatic rings. The van der Waals surface area contributed by atoms with Crippen LogP contribution in [-0.2, 0) is 0 Å². The highest BCUT2D eigenvalue weighted by molar-refractivity contribution is 6.37. The smallest absolute Gasteiger partial charge is 0.349 e. The van der Waals surface area contributed by atoms with Crippen molar-refractivity contribution in [1.29, 1.82) is 0 Å². The average Bonchev–Trinajstić information content (AvgIpc) is 2.74. The lowest BCUT2D eigenvalue weighted by Crippen LogP contribution is -2.33. The predicted molar refractivity (Wildman–Crippen MR) is 125 cm³/mol. The number of rotatable bonds is 4. The molecule has 4 rings (SSSR count). The second-order valence-electron chi connectivity index (χ2n) is 7.93. The number of hydrogen-bond donors (Lipinski definition) is 3. The molecular weight excluding hydrogens is 471 g/mol. The second kappa shape index (κ2) is 9.80. The van der Waals surface area contributed by atoms with E-state index in [1.54, 1.807) is 6.07 Å². The molecule has 0 aliphatic heterocycles. The molecule has 0 amide bonds. The lowest BCUT2D eigenvalue weighted by Gasteiger charge is -2.19. The Kier molecular flexibility index (Phi) is 6.85. The number of nitrogens with two attached hydrogens (primary N) is 1. The summed E-state index contributed by atoms with van der Waals surface area (Å²) >= 11 is 12.7. The number of nitrogens with one attached hydrogen (secondary N) is 2. The van der Waals surface area contributed by atoms with Crippen LogP contribution in [-0.4, -0.2) is 25.0 Å². The van der Waals surface area contributed by atoms with Crippen LogP contribution in [0.3, 0.4) is 0 Å². The Labute approximate surface area is 197 Å². The van der Waals surface area contributed by atoms with Crippen LogP contribution in [0.1, 0.15) is 56.4 Å². The molecule has 0 spiro atoms. The fourth-order valence-corrected chi connectivity index (χ4v) is 4.54. The average molecular weight is 493 g/mol. The molecule has 33 heavy (non-hydrogen) atoms. The molecular formula is C21H22Cl2N6O4. The van der Waals surface area contributed by atoms with E-state index in [0.717, 1.165) is 30.4 Å². The Balaban J connectivity index is 1.65. The van der Waals surface area contributed by atoms with E-state index in [1.165, 1.54) is 31.4 Å². The summed E-state index contributed by atoms with van der Waals surface area (Å²) in [5, 5.41) is 10.4. The molecule has 0 radical (unpaired) electrons. The van der Waals surface area contributed by atoms with Crippen molar-refractivity contribution in [2.24, 2.45) is 0 Å². The van der Waals surface area contributed by atoms with Gasteiger partial charge in [-0.05, 0) is 30.9 Å². The predicted octanol–water partition coefficient (Wildman–Crippen LogP) is 3.51. The number of hydrogen-bond acceptors (Lipinski definition) is 7. The van der Waals surface area contributed by atoms with Crippen molar-refractivity contribution >= 4 is 29.0 Å². The minimum Gasteiger partial charge on any atom is -0.434 e. The van der Waals surface area contributed by atoms with Crippen molar-refractivity contribution in [3.63, 3.8) is 0 Å². The molecule has 2 aromatic heterocycles. The molecule has 1 saturated carbocycles. The van der Waals surface area contributed by atoms with E-state index < -0.39 is 11.2 Å². The van der Waals surface area contributed by atoms with E-state index in [-0.39, 0.29) is 44.7 Å². The zero-order valence-corrected chi connectivity index (χ0v) is 19.1. The first-order valence-corrected chi connectivity index (χ1v) is 11.3. The Hall–Kier alpha value is -3.11. The summed E-state index contributed by atoms with van der Waals surface area (Å²) in [7, 11) is 0. The zero-order valence-electron chi connectivity index (χ0n) is 17.6. The fraction of sp³-hybridized carbons (Fsp3) is 0.381. The number of nitrogen functional groups attached to an aromatic ring is 1. The highest BCUT2D eigenvalue weighted by Crippen LogP contribution is 2.38. The van der Waals surface area contributed by atoms with Gasteiger partial charge in [0, 0.05) is 11.6 Å². The van der Waals surface area contributed by atoms with Gasteiger partial charge in [0.15, 0.2) is 5.75 Å². The van der Waals surface area contributed by atoms with Gasteiger partial charge in [0.25, 0.3) is 11.1 Å². The second-order valence-corrected chi connectivity index (χ2v) is 8.74. The summed E-state index contributed by atoms with van der Waals surface area (Å²) in [4.78, 5) is 38.0.